The van der Waals surface area contributed by atoms with Gasteiger partial charge in [0.15, 0.2) is 5.65 Å². The summed E-state index contributed by atoms with van der Waals surface area (Å²) in [7, 11) is 0. The summed E-state index contributed by atoms with van der Waals surface area (Å²) in [5.74, 6) is 0.413. The van der Waals surface area contributed by atoms with Gasteiger partial charge in [-0.05, 0) is 36.5 Å². The van der Waals surface area contributed by atoms with Crippen LogP contribution in [0.25, 0.3) is 28.2 Å². The van der Waals surface area contributed by atoms with E-state index in [1.54, 1.807) is 15.3 Å². The van der Waals surface area contributed by atoms with Crippen LogP contribution in [0.3, 0.4) is 0 Å². The van der Waals surface area contributed by atoms with Crippen LogP contribution in [0.1, 0.15) is 0 Å². The van der Waals surface area contributed by atoms with E-state index in [0.717, 1.165) is 5.69 Å². The molecule has 0 radical (unpaired) electrons. The van der Waals surface area contributed by atoms with E-state index >= 15 is 0 Å². The van der Waals surface area contributed by atoms with Gasteiger partial charge in [-0.1, -0.05) is 36.4 Å². The van der Waals surface area contributed by atoms with Crippen molar-refractivity contribution < 1.29 is 0 Å². The third kappa shape index (κ3) is 1.99. The molecule has 0 saturated heterocycles. The highest BCUT2D eigenvalue weighted by Crippen LogP contribution is 2.19. The van der Waals surface area contributed by atoms with E-state index in [2.05, 4.69) is 15.3 Å². The summed E-state index contributed by atoms with van der Waals surface area (Å²) in [5.41, 5.74) is 1.94. The lowest BCUT2D eigenvalue weighted by Crippen LogP contribution is -2.21. The fourth-order valence-electron chi connectivity index (χ4n) is 3.12. The molecule has 0 fully saturated rings. The van der Waals surface area contributed by atoms with E-state index in [4.69, 9.17) is 12.2 Å². The van der Waals surface area contributed by atoms with Crippen LogP contribution in [0.15, 0.2) is 71.7 Å². The molecule has 5 aromatic rings. The van der Waals surface area contributed by atoms with E-state index in [1.165, 1.54) is 4.57 Å². The number of benzene rings is 2. The lowest BCUT2D eigenvalue weighted by atomic mass is 10.3. The van der Waals surface area contributed by atoms with Crippen LogP contribution in [0.5, 0.6) is 0 Å². The average Bonchev–Trinajstić information content (AvgIpc) is 3.28. The average molecular weight is 360 g/mol. The summed E-state index contributed by atoms with van der Waals surface area (Å²) in [5, 5.41) is 12.0. The standard InChI is InChI=1S/C18H12N6OS/c25-16-14-11-19-24(13-9-5-2-6-10-13)15(14)23-17(20-21-18(23)26)22(16)12-7-3-1-4-8-12/h1-11H,(H,21,26). The Balaban J connectivity index is 1.99. The van der Waals surface area contributed by atoms with E-state index < -0.39 is 0 Å². The van der Waals surface area contributed by atoms with Crippen LogP contribution in [-0.2, 0) is 0 Å². The number of hydrogen-bond acceptors (Lipinski definition) is 4. The molecule has 26 heavy (non-hydrogen) atoms. The predicted molar refractivity (Wildman–Crippen MR) is 101 cm³/mol. The number of rotatable bonds is 2. The van der Waals surface area contributed by atoms with Gasteiger partial charge in [-0.25, -0.2) is 18.7 Å². The molecule has 0 saturated carbocycles. The van der Waals surface area contributed by atoms with E-state index in [1.807, 2.05) is 60.7 Å². The molecular formula is C18H12N6OS. The van der Waals surface area contributed by atoms with Crippen molar-refractivity contribution in [3.8, 4) is 11.4 Å². The van der Waals surface area contributed by atoms with Gasteiger partial charge in [0, 0.05) is 0 Å². The Morgan fingerprint density at radius 1 is 0.923 bits per heavy atom. The van der Waals surface area contributed by atoms with Crippen molar-refractivity contribution in [1.82, 2.24) is 28.9 Å². The number of fused-ring (bicyclic) bond motifs is 3. The van der Waals surface area contributed by atoms with Crippen molar-refractivity contribution in [2.45, 2.75) is 0 Å². The second-order valence-electron chi connectivity index (χ2n) is 5.77. The molecule has 8 heteroatoms. The Morgan fingerprint density at radius 2 is 1.58 bits per heavy atom. The number of para-hydroxylation sites is 2. The van der Waals surface area contributed by atoms with Crippen LogP contribution in [0, 0.1) is 4.77 Å². The Morgan fingerprint density at radius 3 is 2.27 bits per heavy atom. The predicted octanol–water partition coefficient (Wildman–Crippen LogP) is 2.88. The minimum Gasteiger partial charge on any atom is -0.268 e. The fourth-order valence-corrected chi connectivity index (χ4v) is 3.33. The third-order valence-corrected chi connectivity index (χ3v) is 4.53. The van der Waals surface area contributed by atoms with Gasteiger partial charge in [-0.3, -0.25) is 4.79 Å². The maximum Gasteiger partial charge on any atom is 0.270 e. The van der Waals surface area contributed by atoms with Crippen LogP contribution in [0.4, 0.5) is 0 Å². The van der Waals surface area contributed by atoms with Crippen molar-refractivity contribution in [2.24, 2.45) is 0 Å². The van der Waals surface area contributed by atoms with Gasteiger partial charge >= 0.3 is 0 Å². The summed E-state index contributed by atoms with van der Waals surface area (Å²) in [6.45, 7) is 0. The largest absolute Gasteiger partial charge is 0.270 e. The molecule has 0 bridgehead atoms. The zero-order chi connectivity index (χ0) is 17.7. The Bertz CT molecular complexity index is 1360. The van der Waals surface area contributed by atoms with Gasteiger partial charge in [0.1, 0.15) is 5.39 Å². The van der Waals surface area contributed by atoms with E-state index in [-0.39, 0.29) is 5.56 Å². The van der Waals surface area contributed by atoms with Crippen molar-refractivity contribution in [3.05, 3.63) is 82.0 Å². The monoisotopic (exact) mass is 360 g/mol. The number of aromatic amines is 1. The van der Waals surface area contributed by atoms with Gasteiger partial charge in [0.25, 0.3) is 5.56 Å². The molecule has 5 rings (SSSR count). The summed E-state index contributed by atoms with van der Waals surface area (Å²) >= 11 is 5.43. The zero-order valence-corrected chi connectivity index (χ0v) is 14.2. The first-order valence-electron chi connectivity index (χ1n) is 7.96. The molecule has 3 aromatic heterocycles. The van der Waals surface area contributed by atoms with Crippen LogP contribution >= 0.6 is 12.2 Å². The van der Waals surface area contributed by atoms with Crippen LogP contribution < -0.4 is 5.56 Å². The molecule has 0 unspecified atom stereocenters. The number of nitrogens with one attached hydrogen (secondary N) is 1. The first-order chi connectivity index (χ1) is 12.8. The summed E-state index contributed by atoms with van der Waals surface area (Å²) in [4.78, 5) is 13.2. The molecule has 7 nitrogen and oxygen atoms in total. The quantitative estimate of drug-likeness (QED) is 0.491. The number of hydrogen-bond donors (Lipinski definition) is 1. The smallest absolute Gasteiger partial charge is 0.268 e. The summed E-state index contributed by atoms with van der Waals surface area (Å²) < 4.78 is 5.36. The number of aromatic nitrogens is 6. The van der Waals surface area contributed by atoms with Crippen molar-refractivity contribution >= 4 is 29.0 Å². The van der Waals surface area contributed by atoms with Gasteiger partial charge in [-0.2, -0.15) is 5.10 Å². The maximum atomic E-state index is 13.2. The van der Waals surface area contributed by atoms with Crippen molar-refractivity contribution in [1.29, 1.82) is 0 Å². The molecule has 2 aromatic carbocycles. The highest BCUT2D eigenvalue weighted by atomic mass is 32.1. The lowest BCUT2D eigenvalue weighted by Gasteiger charge is -2.09. The number of H-pyrrole nitrogens is 1. The second-order valence-corrected chi connectivity index (χ2v) is 6.16. The maximum absolute atomic E-state index is 13.2. The van der Waals surface area contributed by atoms with Gasteiger partial charge < -0.3 is 0 Å². The first-order valence-corrected chi connectivity index (χ1v) is 8.37. The minimum atomic E-state index is -0.199. The van der Waals surface area contributed by atoms with E-state index in [9.17, 15) is 4.79 Å². The van der Waals surface area contributed by atoms with Crippen LogP contribution in [0.2, 0.25) is 0 Å². The summed E-state index contributed by atoms with van der Waals surface area (Å²) in [6.07, 6.45) is 1.57. The molecule has 0 aliphatic heterocycles. The molecule has 0 aliphatic rings. The molecule has 1 N–H and O–H groups in total. The number of nitrogens with zero attached hydrogens (tertiary/aromatic N) is 5. The molecule has 126 valence electrons. The van der Waals surface area contributed by atoms with Crippen LogP contribution in [-0.4, -0.2) is 28.9 Å². The third-order valence-electron chi connectivity index (χ3n) is 4.26. The van der Waals surface area contributed by atoms with Crippen molar-refractivity contribution in [3.63, 3.8) is 0 Å². The molecule has 0 atom stereocenters. The molecule has 0 spiro atoms. The first kappa shape index (κ1) is 14.8. The highest BCUT2D eigenvalue weighted by molar-refractivity contribution is 7.71. The van der Waals surface area contributed by atoms with Crippen molar-refractivity contribution in [2.75, 3.05) is 0 Å². The van der Waals surface area contributed by atoms with Gasteiger partial charge in [0.05, 0.1) is 17.6 Å². The second kappa shape index (κ2) is 5.50. The highest BCUT2D eigenvalue weighted by Gasteiger charge is 2.19. The van der Waals surface area contributed by atoms with Gasteiger partial charge in [0.2, 0.25) is 10.5 Å². The molecule has 0 aliphatic carbocycles. The topological polar surface area (TPSA) is 72.9 Å². The van der Waals surface area contributed by atoms with E-state index in [0.29, 0.717) is 27.3 Å². The lowest BCUT2D eigenvalue weighted by molar-refractivity contribution is 0.876. The zero-order valence-electron chi connectivity index (χ0n) is 13.4. The fraction of sp³-hybridized carbons (Fsp3) is 0. The Labute approximate surface area is 151 Å². The molecule has 0 amide bonds. The SMILES string of the molecule is O=c1c2cnn(-c3ccccc3)c2n2c(=S)[nH]nc2n1-c1ccccc1. The normalized spacial score (nSPS) is 11.4. The minimum absolute atomic E-state index is 0.199. The molecular weight excluding hydrogens is 348 g/mol. The molecule has 3 heterocycles. The Hall–Kier alpha value is -3.52. The van der Waals surface area contributed by atoms with Gasteiger partial charge in [-0.15, -0.1) is 5.10 Å². The Kier molecular flexibility index (Phi) is 3.13. The summed E-state index contributed by atoms with van der Waals surface area (Å²) in [6, 6.07) is 19.0.